The van der Waals surface area contributed by atoms with E-state index < -0.39 is 0 Å². The number of halogens is 1. The SMILES string of the molecule is CN(c1ccc(-c2ccc(-c3cn[nH]c3)cc2Cl)nn1)C1CC(C)(C)NC(C)(C)C1. The van der Waals surface area contributed by atoms with Gasteiger partial charge in [0.2, 0.25) is 0 Å². The molecule has 2 aromatic heterocycles. The number of hydrogen-bond acceptors (Lipinski definition) is 5. The minimum absolute atomic E-state index is 0.0817. The smallest absolute Gasteiger partial charge is 0.151 e. The van der Waals surface area contributed by atoms with E-state index in [2.05, 4.69) is 65.4 Å². The lowest BCUT2D eigenvalue weighted by atomic mass is 9.79. The molecular formula is C23H29ClN6. The van der Waals surface area contributed by atoms with E-state index in [-0.39, 0.29) is 11.1 Å². The van der Waals surface area contributed by atoms with Crippen LogP contribution >= 0.6 is 11.6 Å². The summed E-state index contributed by atoms with van der Waals surface area (Å²) >= 11 is 6.55. The number of aromatic amines is 1. The second kappa shape index (κ2) is 7.67. The van der Waals surface area contributed by atoms with Crippen molar-refractivity contribution in [2.24, 2.45) is 0 Å². The molecule has 0 atom stereocenters. The quantitative estimate of drug-likeness (QED) is 0.621. The zero-order valence-electron chi connectivity index (χ0n) is 18.2. The van der Waals surface area contributed by atoms with Crippen molar-refractivity contribution in [1.82, 2.24) is 25.7 Å². The Hall–Kier alpha value is -2.44. The standard InChI is InChI=1S/C23H29ClN6/c1-22(2)11-17(12-23(3,4)29-22)30(5)21-9-8-20(27-28-21)18-7-6-15(10-19(18)24)16-13-25-26-14-16/h6-10,13-14,17,29H,11-12H2,1-5H3,(H,25,26). The van der Waals surface area contributed by atoms with E-state index in [9.17, 15) is 0 Å². The Bertz CT molecular complexity index is 995. The largest absolute Gasteiger partial charge is 0.355 e. The predicted molar refractivity (Wildman–Crippen MR) is 123 cm³/mol. The van der Waals surface area contributed by atoms with Crippen molar-refractivity contribution in [3.8, 4) is 22.4 Å². The lowest BCUT2D eigenvalue weighted by Gasteiger charge is -2.49. The summed E-state index contributed by atoms with van der Waals surface area (Å²) < 4.78 is 0. The third-order valence-corrected chi connectivity index (χ3v) is 6.12. The molecule has 0 saturated carbocycles. The van der Waals surface area contributed by atoms with Gasteiger partial charge in [0, 0.05) is 41.5 Å². The first-order valence-corrected chi connectivity index (χ1v) is 10.7. The van der Waals surface area contributed by atoms with Gasteiger partial charge in [0.05, 0.1) is 16.9 Å². The molecule has 0 unspecified atom stereocenters. The average Bonchev–Trinajstić information content (AvgIpc) is 3.20. The van der Waals surface area contributed by atoms with Gasteiger partial charge in [-0.05, 0) is 64.3 Å². The van der Waals surface area contributed by atoms with Crippen LogP contribution < -0.4 is 10.2 Å². The Labute approximate surface area is 183 Å². The number of hydrogen-bond donors (Lipinski definition) is 2. The number of piperidine rings is 1. The summed E-state index contributed by atoms with van der Waals surface area (Å²) in [6, 6.07) is 10.4. The number of rotatable bonds is 4. The molecule has 0 bridgehead atoms. The molecule has 1 aliphatic heterocycles. The zero-order chi connectivity index (χ0) is 21.5. The van der Waals surface area contributed by atoms with Crippen molar-refractivity contribution in [1.29, 1.82) is 0 Å². The number of aromatic nitrogens is 4. The van der Waals surface area contributed by atoms with Gasteiger partial charge in [0.25, 0.3) is 0 Å². The molecule has 0 radical (unpaired) electrons. The highest BCUT2D eigenvalue weighted by Gasteiger charge is 2.39. The molecule has 1 saturated heterocycles. The van der Waals surface area contributed by atoms with Gasteiger partial charge in [-0.1, -0.05) is 23.7 Å². The molecule has 1 aliphatic rings. The lowest BCUT2D eigenvalue weighted by molar-refractivity contribution is 0.160. The maximum Gasteiger partial charge on any atom is 0.151 e. The highest BCUT2D eigenvalue weighted by Crippen LogP contribution is 2.34. The van der Waals surface area contributed by atoms with Crippen molar-refractivity contribution in [3.05, 3.63) is 47.7 Å². The number of anilines is 1. The zero-order valence-corrected chi connectivity index (χ0v) is 19.0. The molecule has 0 amide bonds. The van der Waals surface area contributed by atoms with E-state index in [4.69, 9.17) is 11.6 Å². The molecular weight excluding hydrogens is 396 g/mol. The van der Waals surface area contributed by atoms with Crippen LogP contribution in [0.1, 0.15) is 40.5 Å². The van der Waals surface area contributed by atoms with Crippen LogP contribution in [0.5, 0.6) is 0 Å². The summed E-state index contributed by atoms with van der Waals surface area (Å²) in [7, 11) is 2.11. The van der Waals surface area contributed by atoms with Crippen LogP contribution in [0.3, 0.4) is 0 Å². The van der Waals surface area contributed by atoms with Crippen LogP contribution in [0.15, 0.2) is 42.7 Å². The van der Waals surface area contributed by atoms with Gasteiger partial charge < -0.3 is 10.2 Å². The van der Waals surface area contributed by atoms with Crippen LogP contribution in [-0.2, 0) is 0 Å². The van der Waals surface area contributed by atoms with Crippen LogP contribution in [0.2, 0.25) is 5.02 Å². The van der Waals surface area contributed by atoms with Crippen molar-refractivity contribution in [2.45, 2.75) is 57.7 Å². The number of benzene rings is 1. The highest BCUT2D eigenvalue weighted by molar-refractivity contribution is 6.33. The summed E-state index contributed by atoms with van der Waals surface area (Å²) in [5, 5.41) is 20.2. The molecule has 3 heterocycles. The van der Waals surface area contributed by atoms with E-state index in [0.717, 1.165) is 41.0 Å². The molecule has 0 spiro atoms. The van der Waals surface area contributed by atoms with Gasteiger partial charge in [-0.15, -0.1) is 10.2 Å². The summed E-state index contributed by atoms with van der Waals surface area (Å²) in [4.78, 5) is 2.25. The molecule has 0 aliphatic carbocycles. The topological polar surface area (TPSA) is 69.7 Å². The van der Waals surface area contributed by atoms with E-state index >= 15 is 0 Å². The fraction of sp³-hybridized carbons (Fsp3) is 0.435. The van der Waals surface area contributed by atoms with Gasteiger partial charge in [0.15, 0.2) is 5.82 Å². The maximum absolute atomic E-state index is 6.55. The van der Waals surface area contributed by atoms with Gasteiger partial charge >= 0.3 is 0 Å². The molecule has 3 aromatic rings. The molecule has 1 fully saturated rings. The Morgan fingerprint density at radius 1 is 1.00 bits per heavy atom. The molecule has 4 rings (SSSR count). The first kappa shape index (κ1) is 20.8. The second-order valence-electron chi connectivity index (χ2n) is 9.52. The second-order valence-corrected chi connectivity index (χ2v) is 9.93. The average molecular weight is 425 g/mol. The summed E-state index contributed by atoms with van der Waals surface area (Å²) in [5.74, 6) is 0.878. The minimum atomic E-state index is 0.0817. The number of nitrogens with one attached hydrogen (secondary N) is 2. The van der Waals surface area contributed by atoms with Gasteiger partial charge in [-0.25, -0.2) is 0 Å². The van der Waals surface area contributed by atoms with E-state index in [1.165, 1.54) is 0 Å². The van der Waals surface area contributed by atoms with Crippen LogP contribution in [0, 0.1) is 0 Å². The van der Waals surface area contributed by atoms with Gasteiger partial charge in [-0.3, -0.25) is 5.10 Å². The number of H-pyrrole nitrogens is 1. The molecule has 1 aromatic carbocycles. The summed E-state index contributed by atoms with van der Waals surface area (Å²) in [5.41, 5.74) is 3.81. The maximum atomic E-state index is 6.55. The van der Waals surface area contributed by atoms with Crippen molar-refractivity contribution < 1.29 is 0 Å². The third-order valence-electron chi connectivity index (χ3n) is 5.80. The molecule has 158 valence electrons. The normalized spacial score (nSPS) is 18.3. The monoisotopic (exact) mass is 424 g/mol. The van der Waals surface area contributed by atoms with Crippen LogP contribution in [0.4, 0.5) is 5.82 Å². The van der Waals surface area contributed by atoms with Gasteiger partial charge in [-0.2, -0.15) is 5.10 Å². The fourth-order valence-electron chi connectivity index (χ4n) is 4.70. The third kappa shape index (κ3) is 4.35. The Balaban J connectivity index is 1.54. The molecule has 6 nitrogen and oxygen atoms in total. The highest BCUT2D eigenvalue weighted by atomic mass is 35.5. The summed E-state index contributed by atoms with van der Waals surface area (Å²) in [6.07, 6.45) is 5.73. The van der Waals surface area contributed by atoms with Crippen molar-refractivity contribution in [2.75, 3.05) is 11.9 Å². The molecule has 2 N–H and O–H groups in total. The van der Waals surface area contributed by atoms with E-state index in [1.807, 2.05) is 36.5 Å². The van der Waals surface area contributed by atoms with Gasteiger partial charge in [0.1, 0.15) is 0 Å². The summed E-state index contributed by atoms with van der Waals surface area (Å²) in [6.45, 7) is 9.05. The fourth-order valence-corrected chi connectivity index (χ4v) is 4.97. The van der Waals surface area contributed by atoms with Crippen molar-refractivity contribution >= 4 is 17.4 Å². The Morgan fingerprint density at radius 3 is 2.30 bits per heavy atom. The molecule has 7 heteroatoms. The predicted octanol–water partition coefficient (Wildman–Crippen LogP) is 4.93. The minimum Gasteiger partial charge on any atom is -0.355 e. The van der Waals surface area contributed by atoms with E-state index in [0.29, 0.717) is 11.1 Å². The lowest BCUT2D eigenvalue weighted by Crippen LogP contribution is -2.62. The Morgan fingerprint density at radius 2 is 1.73 bits per heavy atom. The van der Waals surface area contributed by atoms with Crippen molar-refractivity contribution in [3.63, 3.8) is 0 Å². The van der Waals surface area contributed by atoms with Crippen LogP contribution in [0.25, 0.3) is 22.4 Å². The van der Waals surface area contributed by atoms with E-state index in [1.54, 1.807) is 6.20 Å². The Kier molecular flexibility index (Phi) is 5.32. The first-order chi connectivity index (χ1) is 14.1. The van der Waals surface area contributed by atoms with Crippen LogP contribution in [-0.4, -0.2) is 44.6 Å². The first-order valence-electron chi connectivity index (χ1n) is 10.3. The molecule has 30 heavy (non-hydrogen) atoms. The number of nitrogens with zero attached hydrogens (tertiary/aromatic N) is 4.